The zero-order valence-electron chi connectivity index (χ0n) is 5.72. The maximum atomic E-state index is 9.89. The van der Waals surface area contributed by atoms with E-state index in [4.69, 9.17) is 0 Å². The molecule has 0 fully saturated rings. The Morgan fingerprint density at radius 1 is 1.25 bits per heavy atom. The summed E-state index contributed by atoms with van der Waals surface area (Å²) < 4.78 is 21.9. The lowest BCUT2D eigenvalue weighted by atomic mass is 11.0. The molecule has 3 nitrogen and oxygen atoms in total. The van der Waals surface area contributed by atoms with Crippen LogP contribution in [0, 0.1) is 0 Å². The Morgan fingerprint density at radius 2 is 1.38 bits per heavy atom. The maximum absolute atomic E-state index is 9.89. The Morgan fingerprint density at radius 3 is 1.38 bits per heavy atom. The highest BCUT2D eigenvalue weighted by Crippen LogP contribution is 1.62. The molecule has 0 aliphatic heterocycles. The van der Waals surface area contributed by atoms with Crippen LogP contribution >= 0.6 is 0 Å². The second-order valence-corrected chi connectivity index (χ2v) is 2.93. The van der Waals surface area contributed by atoms with Crippen molar-refractivity contribution in [1.82, 2.24) is 4.72 Å². The first-order valence-corrected chi connectivity index (χ1v) is 4.34. The first-order chi connectivity index (χ1) is 3.56. The summed E-state index contributed by atoms with van der Waals surface area (Å²) in [6.07, 6.45) is 1.10. The molecule has 0 aliphatic rings. The van der Waals surface area contributed by atoms with Gasteiger partial charge in [0.2, 0.25) is 10.0 Å². The van der Waals surface area contributed by atoms with Gasteiger partial charge in [-0.25, -0.2) is 13.1 Å². The van der Waals surface area contributed by atoms with E-state index in [0.717, 1.165) is 6.26 Å². The summed E-state index contributed by atoms with van der Waals surface area (Å²) in [7, 11) is -1.54. The van der Waals surface area contributed by atoms with Crippen molar-refractivity contribution in [2.75, 3.05) is 13.3 Å². The van der Waals surface area contributed by atoms with Crippen molar-refractivity contribution in [1.29, 1.82) is 0 Å². The van der Waals surface area contributed by atoms with Gasteiger partial charge in [0.25, 0.3) is 0 Å². The predicted molar refractivity (Wildman–Crippen MR) is 35.3 cm³/mol. The predicted octanol–water partition coefficient (Wildman–Crippen LogP) is 0.192. The Balaban J connectivity index is 0. The van der Waals surface area contributed by atoms with E-state index >= 15 is 0 Å². The molecule has 0 unspecified atom stereocenters. The molecule has 8 heavy (non-hydrogen) atoms. The fraction of sp³-hybridized carbons (Fsp3) is 1.00. The van der Waals surface area contributed by atoms with Gasteiger partial charge in [0, 0.05) is 0 Å². The highest BCUT2D eigenvalue weighted by atomic mass is 32.2. The Labute approximate surface area is 51.2 Å². The zero-order valence-corrected chi connectivity index (χ0v) is 6.54. The van der Waals surface area contributed by atoms with E-state index in [0.29, 0.717) is 0 Å². The van der Waals surface area contributed by atoms with Gasteiger partial charge in [-0.1, -0.05) is 13.8 Å². The highest BCUT2D eigenvalue weighted by molar-refractivity contribution is 7.88. The summed E-state index contributed by atoms with van der Waals surface area (Å²) >= 11 is 0. The fourth-order valence-electron chi connectivity index (χ4n) is 0. The topological polar surface area (TPSA) is 46.2 Å². The van der Waals surface area contributed by atoms with Crippen LogP contribution in [0.15, 0.2) is 0 Å². The van der Waals surface area contributed by atoms with Crippen LogP contribution in [0.25, 0.3) is 0 Å². The molecule has 0 bridgehead atoms. The molecule has 0 heterocycles. The summed E-state index contributed by atoms with van der Waals surface area (Å²) in [5.41, 5.74) is 0. The van der Waals surface area contributed by atoms with E-state index < -0.39 is 10.0 Å². The molecule has 0 aromatic heterocycles. The van der Waals surface area contributed by atoms with E-state index in [-0.39, 0.29) is 0 Å². The smallest absolute Gasteiger partial charge is 0.208 e. The van der Waals surface area contributed by atoms with E-state index in [9.17, 15) is 8.42 Å². The lowest BCUT2D eigenvalue weighted by molar-refractivity contribution is 0.594. The number of hydrogen-bond acceptors (Lipinski definition) is 2. The number of rotatable bonds is 1. The average Bonchev–Trinajstić information content (AvgIpc) is 1.71. The van der Waals surface area contributed by atoms with Crippen LogP contribution < -0.4 is 4.72 Å². The Bertz CT molecular complexity index is 116. The molecule has 0 atom stereocenters. The van der Waals surface area contributed by atoms with Crippen molar-refractivity contribution in [2.45, 2.75) is 13.8 Å². The summed E-state index contributed by atoms with van der Waals surface area (Å²) in [5, 5.41) is 0. The first kappa shape index (κ1) is 10.8. The molecule has 0 saturated heterocycles. The molecule has 4 heteroatoms. The van der Waals surface area contributed by atoms with Crippen LogP contribution in [0.2, 0.25) is 0 Å². The summed E-state index contributed by atoms with van der Waals surface area (Å²) in [6.45, 7) is 4.00. The monoisotopic (exact) mass is 139 g/mol. The molecule has 0 amide bonds. The van der Waals surface area contributed by atoms with Crippen molar-refractivity contribution in [2.24, 2.45) is 0 Å². The van der Waals surface area contributed by atoms with E-state index in [1.807, 2.05) is 13.8 Å². The summed E-state index contributed by atoms with van der Waals surface area (Å²) in [6, 6.07) is 0. The minimum atomic E-state index is -2.91. The highest BCUT2D eigenvalue weighted by Gasteiger charge is 1.88. The third-order valence-electron chi connectivity index (χ3n) is 0.371. The number of nitrogens with one attached hydrogen (secondary N) is 1. The van der Waals surface area contributed by atoms with Gasteiger partial charge < -0.3 is 0 Å². The lowest BCUT2D eigenvalue weighted by Gasteiger charge is -1.85. The van der Waals surface area contributed by atoms with Crippen molar-refractivity contribution in [3.8, 4) is 0 Å². The molecule has 52 valence electrons. The average molecular weight is 139 g/mol. The largest absolute Gasteiger partial charge is 0.219 e. The molecule has 0 radical (unpaired) electrons. The molecule has 0 aromatic rings. The third-order valence-corrected chi connectivity index (χ3v) is 1.11. The minimum Gasteiger partial charge on any atom is -0.219 e. The Hall–Kier alpha value is -0.0900. The minimum absolute atomic E-state index is 1.10. The van der Waals surface area contributed by atoms with Crippen molar-refractivity contribution < 1.29 is 8.42 Å². The van der Waals surface area contributed by atoms with Crippen molar-refractivity contribution in [3.05, 3.63) is 0 Å². The number of sulfonamides is 1. The van der Waals surface area contributed by atoms with Crippen molar-refractivity contribution >= 4 is 10.0 Å². The van der Waals surface area contributed by atoms with Gasteiger partial charge in [-0.2, -0.15) is 0 Å². The normalized spacial score (nSPS) is 9.50. The zero-order chi connectivity index (χ0) is 7.21. The van der Waals surface area contributed by atoms with Crippen LogP contribution in [-0.4, -0.2) is 21.7 Å². The van der Waals surface area contributed by atoms with Gasteiger partial charge in [-0.3, -0.25) is 0 Å². The van der Waals surface area contributed by atoms with Gasteiger partial charge in [0.1, 0.15) is 0 Å². The molecule has 0 aromatic carbocycles. The van der Waals surface area contributed by atoms with Crippen molar-refractivity contribution in [3.63, 3.8) is 0 Å². The third kappa shape index (κ3) is 16.8. The van der Waals surface area contributed by atoms with E-state index in [1.165, 1.54) is 7.05 Å². The molecule has 0 aliphatic carbocycles. The second kappa shape index (κ2) is 5.05. The van der Waals surface area contributed by atoms with Gasteiger partial charge >= 0.3 is 0 Å². The fourth-order valence-corrected chi connectivity index (χ4v) is 0. The SMILES string of the molecule is CC.CNS(C)(=O)=O. The summed E-state index contributed by atoms with van der Waals surface area (Å²) in [4.78, 5) is 0. The molecule has 1 N–H and O–H groups in total. The lowest BCUT2D eigenvalue weighted by Crippen LogP contribution is -2.15. The number of hydrogen-bond donors (Lipinski definition) is 1. The molecule has 0 spiro atoms. The van der Waals surface area contributed by atoms with Crippen LogP contribution in [0.5, 0.6) is 0 Å². The standard InChI is InChI=1S/C2H7NO2S.C2H6/c1-3-6(2,4)5;1-2/h3H,1-2H3;1-2H3. The van der Waals surface area contributed by atoms with Gasteiger partial charge in [0.15, 0.2) is 0 Å². The molecular weight excluding hydrogens is 126 g/mol. The van der Waals surface area contributed by atoms with E-state index in [2.05, 4.69) is 4.72 Å². The van der Waals surface area contributed by atoms with Gasteiger partial charge in [-0.05, 0) is 7.05 Å². The van der Waals surface area contributed by atoms with Crippen LogP contribution in [0.3, 0.4) is 0 Å². The van der Waals surface area contributed by atoms with Crippen LogP contribution in [-0.2, 0) is 10.0 Å². The Kier molecular flexibility index (Phi) is 6.83. The van der Waals surface area contributed by atoms with Crippen LogP contribution in [0.1, 0.15) is 13.8 Å². The summed E-state index contributed by atoms with van der Waals surface area (Å²) in [5.74, 6) is 0. The van der Waals surface area contributed by atoms with E-state index in [1.54, 1.807) is 0 Å². The molecule has 0 rings (SSSR count). The van der Waals surface area contributed by atoms with Gasteiger partial charge in [0.05, 0.1) is 6.26 Å². The molecular formula is C4H13NO2S. The quantitative estimate of drug-likeness (QED) is 0.563. The first-order valence-electron chi connectivity index (χ1n) is 2.45. The van der Waals surface area contributed by atoms with Gasteiger partial charge in [-0.15, -0.1) is 0 Å². The van der Waals surface area contributed by atoms with Crippen LogP contribution in [0.4, 0.5) is 0 Å². The second-order valence-electron chi connectivity index (χ2n) is 0.976. The maximum Gasteiger partial charge on any atom is 0.208 e. The molecule has 0 saturated carbocycles.